The Morgan fingerprint density at radius 3 is 1.95 bits per heavy atom. The molecule has 0 atom stereocenters. The van der Waals surface area contributed by atoms with Gasteiger partial charge >= 0.3 is 0 Å². The van der Waals surface area contributed by atoms with Gasteiger partial charge in [0.05, 0.1) is 9.82 Å². The zero-order chi connectivity index (χ0) is 15.8. The van der Waals surface area contributed by atoms with Gasteiger partial charge in [-0.3, -0.25) is 10.1 Å². The Morgan fingerprint density at radius 1 is 1.15 bits per heavy atom. The van der Waals surface area contributed by atoms with Crippen LogP contribution in [0.25, 0.3) is 0 Å². The number of rotatable bonds is 4. The first-order chi connectivity index (χ1) is 8.87. The van der Waals surface area contributed by atoms with Gasteiger partial charge in [0.25, 0.3) is 5.69 Å². The number of nitro groups is 1. The summed E-state index contributed by atoms with van der Waals surface area (Å²) in [6.07, 6.45) is 0. The predicted molar refractivity (Wildman–Crippen MR) is 80.6 cm³/mol. The molecule has 0 aliphatic carbocycles. The third-order valence-electron chi connectivity index (χ3n) is 3.62. The van der Waals surface area contributed by atoms with Crippen molar-refractivity contribution in [2.75, 3.05) is 0 Å². The fourth-order valence-corrected chi connectivity index (χ4v) is 6.17. The summed E-state index contributed by atoms with van der Waals surface area (Å²) in [6, 6.07) is 4.90. The molecule has 0 bridgehead atoms. The summed E-state index contributed by atoms with van der Waals surface area (Å²) in [5.41, 5.74) is -0.128. The zero-order valence-electron chi connectivity index (χ0n) is 12.3. The molecule has 112 valence electrons. The second-order valence-electron chi connectivity index (χ2n) is 6.23. The van der Waals surface area contributed by atoms with Crippen LogP contribution in [-0.2, 0) is 10.0 Å². The molecule has 1 rings (SSSR count). The lowest BCUT2D eigenvalue weighted by atomic mass is 10.2. The van der Waals surface area contributed by atoms with Crippen molar-refractivity contribution in [3.8, 4) is 0 Å². The highest BCUT2D eigenvalue weighted by atomic mass is 32.2. The van der Waals surface area contributed by atoms with E-state index in [-0.39, 0.29) is 15.6 Å². The Labute approximate surface area is 120 Å². The van der Waals surface area contributed by atoms with Gasteiger partial charge in [0.1, 0.15) is 8.24 Å². The third kappa shape index (κ3) is 3.65. The van der Waals surface area contributed by atoms with Gasteiger partial charge in [0.2, 0.25) is 10.0 Å². The highest BCUT2D eigenvalue weighted by Crippen LogP contribution is 2.34. The predicted octanol–water partition coefficient (Wildman–Crippen LogP) is 2.88. The van der Waals surface area contributed by atoms with E-state index in [0.717, 1.165) is 0 Å². The molecular formula is C12H20N2O4SSi. The van der Waals surface area contributed by atoms with Crippen molar-refractivity contribution in [1.82, 2.24) is 4.39 Å². The molecular weight excluding hydrogens is 296 g/mol. The lowest BCUT2D eigenvalue weighted by Gasteiger charge is -2.36. The quantitative estimate of drug-likeness (QED) is 0.525. The number of hydrogen-bond donors (Lipinski definition) is 1. The monoisotopic (exact) mass is 316 g/mol. The molecule has 0 heterocycles. The summed E-state index contributed by atoms with van der Waals surface area (Å²) in [7, 11) is -5.88. The van der Waals surface area contributed by atoms with Gasteiger partial charge < -0.3 is 0 Å². The molecule has 0 saturated carbocycles. The molecule has 0 spiro atoms. The van der Waals surface area contributed by atoms with Crippen LogP contribution in [0.2, 0.25) is 18.1 Å². The van der Waals surface area contributed by atoms with Gasteiger partial charge in [-0.2, -0.15) is 0 Å². The molecule has 0 aromatic heterocycles. The van der Waals surface area contributed by atoms with E-state index in [1.807, 2.05) is 33.9 Å². The maximum atomic E-state index is 12.3. The minimum absolute atomic E-state index is 0.0490. The number of hydrogen-bond acceptors (Lipinski definition) is 4. The van der Waals surface area contributed by atoms with Crippen LogP contribution in [0.1, 0.15) is 20.8 Å². The van der Waals surface area contributed by atoms with E-state index in [0.29, 0.717) is 0 Å². The van der Waals surface area contributed by atoms with Crippen molar-refractivity contribution in [2.24, 2.45) is 0 Å². The van der Waals surface area contributed by atoms with Crippen LogP contribution in [0.15, 0.2) is 29.2 Å². The number of nitrogens with zero attached hydrogens (tertiary/aromatic N) is 1. The Hall–Kier alpha value is -1.25. The highest BCUT2D eigenvalue weighted by Gasteiger charge is 2.39. The van der Waals surface area contributed by atoms with E-state index < -0.39 is 23.2 Å². The van der Waals surface area contributed by atoms with Gasteiger partial charge in [-0.25, -0.2) is 12.8 Å². The van der Waals surface area contributed by atoms with Crippen molar-refractivity contribution in [3.63, 3.8) is 0 Å². The van der Waals surface area contributed by atoms with Crippen molar-refractivity contribution < 1.29 is 13.3 Å². The van der Waals surface area contributed by atoms with Gasteiger partial charge in [0.15, 0.2) is 0 Å². The first-order valence-electron chi connectivity index (χ1n) is 6.15. The van der Waals surface area contributed by atoms with Crippen molar-refractivity contribution in [3.05, 3.63) is 34.4 Å². The molecule has 0 radical (unpaired) electrons. The second kappa shape index (κ2) is 5.26. The largest absolute Gasteiger partial charge is 0.269 e. The maximum Gasteiger partial charge on any atom is 0.269 e. The number of benzene rings is 1. The van der Waals surface area contributed by atoms with Crippen LogP contribution in [0.4, 0.5) is 5.69 Å². The molecule has 0 unspecified atom stereocenters. The summed E-state index contributed by atoms with van der Waals surface area (Å²) in [5, 5.41) is 10.4. The third-order valence-corrected chi connectivity index (χ3v) is 11.4. The lowest BCUT2D eigenvalue weighted by molar-refractivity contribution is -0.384. The van der Waals surface area contributed by atoms with Crippen LogP contribution < -0.4 is 4.39 Å². The average molecular weight is 316 g/mol. The molecule has 1 aromatic rings. The first-order valence-corrected chi connectivity index (χ1v) is 10.6. The molecule has 0 amide bonds. The summed E-state index contributed by atoms with van der Waals surface area (Å²) >= 11 is 0. The average Bonchev–Trinajstić information content (AvgIpc) is 2.26. The molecule has 8 heteroatoms. The molecule has 0 aliphatic heterocycles. The highest BCUT2D eigenvalue weighted by molar-refractivity contribution is 7.91. The molecule has 0 saturated heterocycles. The standard InChI is InChI=1S/C12H20N2O4SSi/c1-12(2,3)20(4,5)13-19(17,18)11-8-6-10(7-9-11)14(15)16/h6-9,13H,1-5H3. The van der Waals surface area contributed by atoms with E-state index in [1.165, 1.54) is 24.3 Å². The Bertz CT molecular complexity index is 603. The van der Waals surface area contributed by atoms with Gasteiger partial charge in [-0.15, -0.1) is 0 Å². The number of sulfonamides is 1. The van der Waals surface area contributed by atoms with Crippen molar-refractivity contribution in [2.45, 2.75) is 43.8 Å². The summed E-state index contributed by atoms with van der Waals surface area (Å²) < 4.78 is 27.4. The summed E-state index contributed by atoms with van der Waals surface area (Å²) in [5.74, 6) is 0. The second-order valence-corrected chi connectivity index (χ2v) is 13.3. The Balaban J connectivity index is 3.09. The van der Waals surface area contributed by atoms with Crippen molar-refractivity contribution in [1.29, 1.82) is 0 Å². The lowest BCUT2D eigenvalue weighted by Crippen LogP contribution is -2.54. The van der Waals surface area contributed by atoms with E-state index in [1.54, 1.807) is 0 Å². The number of nitrogens with one attached hydrogen (secondary N) is 1. The van der Waals surface area contributed by atoms with Gasteiger partial charge in [0, 0.05) is 12.1 Å². The number of nitro benzene ring substituents is 1. The summed E-state index contributed by atoms with van der Waals surface area (Å²) in [6.45, 7) is 9.87. The zero-order valence-corrected chi connectivity index (χ0v) is 14.1. The van der Waals surface area contributed by atoms with Crippen LogP contribution in [0.3, 0.4) is 0 Å². The molecule has 0 fully saturated rings. The smallest absolute Gasteiger partial charge is 0.258 e. The van der Waals surface area contributed by atoms with E-state index in [2.05, 4.69) is 4.39 Å². The van der Waals surface area contributed by atoms with E-state index in [9.17, 15) is 18.5 Å². The van der Waals surface area contributed by atoms with E-state index in [4.69, 9.17) is 0 Å². The van der Waals surface area contributed by atoms with Gasteiger partial charge in [-0.05, 0) is 17.2 Å². The number of non-ortho nitro benzene ring substituents is 1. The molecule has 6 nitrogen and oxygen atoms in total. The summed E-state index contributed by atoms with van der Waals surface area (Å²) in [4.78, 5) is 10.1. The van der Waals surface area contributed by atoms with Crippen LogP contribution >= 0.6 is 0 Å². The van der Waals surface area contributed by atoms with Crippen LogP contribution in [0, 0.1) is 10.1 Å². The fourth-order valence-electron chi connectivity index (χ4n) is 1.29. The molecule has 1 N–H and O–H groups in total. The SMILES string of the molecule is CC(C)(C)[Si](C)(C)NS(=O)(=O)c1ccc([N+](=O)[O-])cc1. The van der Waals surface area contributed by atoms with E-state index >= 15 is 0 Å². The normalized spacial score (nSPS) is 13.2. The van der Waals surface area contributed by atoms with Crippen molar-refractivity contribution >= 4 is 23.9 Å². The van der Waals surface area contributed by atoms with Gasteiger partial charge in [-0.1, -0.05) is 33.9 Å². The molecule has 0 aliphatic rings. The van der Waals surface area contributed by atoms with Crippen LogP contribution in [-0.4, -0.2) is 21.6 Å². The minimum atomic E-state index is -3.65. The van der Waals surface area contributed by atoms with Crippen LogP contribution in [0.5, 0.6) is 0 Å². The Kier molecular flexibility index (Phi) is 4.42. The topological polar surface area (TPSA) is 89.3 Å². The minimum Gasteiger partial charge on any atom is -0.258 e. The molecule has 20 heavy (non-hydrogen) atoms. The fraction of sp³-hybridized carbons (Fsp3) is 0.500. The Morgan fingerprint density at radius 2 is 1.60 bits per heavy atom. The maximum absolute atomic E-state index is 12.3. The molecule has 1 aromatic carbocycles. The first kappa shape index (κ1) is 16.8.